The number of nitrogens with zero attached hydrogens (tertiary/aromatic N) is 2. The number of aromatic nitrogens is 1. The molecule has 3 rings (SSSR count). The normalized spacial score (nSPS) is 19.4. The van der Waals surface area contributed by atoms with Gasteiger partial charge >= 0.3 is 5.97 Å². The van der Waals surface area contributed by atoms with Crippen LogP contribution in [0.15, 0.2) is 48.7 Å². The van der Waals surface area contributed by atoms with Crippen molar-refractivity contribution in [1.29, 1.82) is 0 Å². The third-order valence-corrected chi connectivity index (χ3v) is 4.52. The minimum Gasteiger partial charge on any atom is -0.484 e. The van der Waals surface area contributed by atoms with Crippen LogP contribution < -0.4 is 9.47 Å². The van der Waals surface area contributed by atoms with Crippen molar-refractivity contribution in [3.8, 4) is 17.4 Å². The van der Waals surface area contributed by atoms with Crippen LogP contribution in [0.3, 0.4) is 0 Å². The van der Waals surface area contributed by atoms with Gasteiger partial charge in [-0.2, -0.15) is 0 Å². The Morgan fingerprint density at radius 2 is 1.93 bits per heavy atom. The van der Waals surface area contributed by atoms with Crippen LogP contribution in [0.5, 0.6) is 17.4 Å². The average molecular weight is 370 g/mol. The fraction of sp³-hybridized carbons (Fsp3) is 0.350. The van der Waals surface area contributed by atoms with E-state index in [0.29, 0.717) is 36.3 Å². The average Bonchev–Trinajstić information content (AvgIpc) is 2.68. The summed E-state index contributed by atoms with van der Waals surface area (Å²) in [7, 11) is 0. The number of carbonyl (C=O) groups excluding carboxylic acids is 1. The molecule has 142 valence electrons. The number of pyridine rings is 1. The number of benzene rings is 1. The number of likely N-dealkylation sites (tertiary alicyclic amines) is 1. The lowest BCUT2D eigenvalue weighted by Crippen LogP contribution is -2.51. The first-order valence-corrected chi connectivity index (χ1v) is 8.87. The van der Waals surface area contributed by atoms with Gasteiger partial charge in [0.05, 0.1) is 0 Å². The lowest BCUT2D eigenvalue weighted by molar-refractivity contribution is -0.153. The van der Waals surface area contributed by atoms with Gasteiger partial charge in [-0.25, -0.2) is 9.78 Å². The lowest BCUT2D eigenvalue weighted by atomic mass is 9.92. The van der Waals surface area contributed by atoms with Crippen LogP contribution in [0.25, 0.3) is 0 Å². The predicted molar refractivity (Wildman–Crippen MR) is 97.8 cm³/mol. The summed E-state index contributed by atoms with van der Waals surface area (Å²) in [5.41, 5.74) is 0. The molecule has 0 radical (unpaired) electrons. The highest BCUT2D eigenvalue weighted by molar-refractivity contribution is 5.84. The topological polar surface area (TPSA) is 89.0 Å². The fourth-order valence-electron chi connectivity index (χ4n) is 3.03. The summed E-state index contributed by atoms with van der Waals surface area (Å²) in [6, 6.07) is 11.4. The molecule has 0 bridgehead atoms. The summed E-state index contributed by atoms with van der Waals surface area (Å²) in [4.78, 5) is 29.3. The summed E-state index contributed by atoms with van der Waals surface area (Å²) >= 11 is 0. The van der Waals surface area contributed by atoms with Crippen molar-refractivity contribution in [3.63, 3.8) is 0 Å². The van der Waals surface area contributed by atoms with Gasteiger partial charge in [0.25, 0.3) is 5.91 Å². The maximum Gasteiger partial charge on any atom is 0.326 e. The third-order valence-electron chi connectivity index (χ3n) is 4.52. The van der Waals surface area contributed by atoms with E-state index in [9.17, 15) is 14.7 Å². The smallest absolute Gasteiger partial charge is 0.326 e. The van der Waals surface area contributed by atoms with Gasteiger partial charge in [-0.3, -0.25) is 4.79 Å². The van der Waals surface area contributed by atoms with Crippen LogP contribution in [-0.2, 0) is 9.59 Å². The van der Waals surface area contributed by atoms with Crippen LogP contribution in [0, 0.1) is 5.92 Å². The second-order valence-electron chi connectivity index (χ2n) is 6.60. The summed E-state index contributed by atoms with van der Waals surface area (Å²) in [5.74, 6) is 0.606. The summed E-state index contributed by atoms with van der Waals surface area (Å²) in [6.45, 7) is 2.25. The number of rotatable bonds is 6. The van der Waals surface area contributed by atoms with Crippen molar-refractivity contribution in [3.05, 3.63) is 48.7 Å². The highest BCUT2D eigenvalue weighted by atomic mass is 16.5. The van der Waals surface area contributed by atoms with Crippen LogP contribution in [0.4, 0.5) is 0 Å². The monoisotopic (exact) mass is 370 g/mol. The molecule has 1 aromatic heterocycles. The Bertz CT molecular complexity index is 779. The molecule has 1 aliphatic rings. The van der Waals surface area contributed by atoms with Crippen molar-refractivity contribution in [2.45, 2.75) is 25.8 Å². The maximum absolute atomic E-state index is 12.4. The quantitative estimate of drug-likeness (QED) is 0.841. The van der Waals surface area contributed by atoms with Gasteiger partial charge in [0, 0.05) is 18.8 Å². The molecular weight excluding hydrogens is 348 g/mol. The lowest BCUT2D eigenvalue weighted by Gasteiger charge is -2.35. The number of piperidine rings is 1. The molecule has 7 heteroatoms. The number of ether oxygens (including phenoxy) is 2. The van der Waals surface area contributed by atoms with E-state index in [1.54, 1.807) is 42.6 Å². The zero-order chi connectivity index (χ0) is 19.2. The van der Waals surface area contributed by atoms with Crippen molar-refractivity contribution in [1.82, 2.24) is 9.88 Å². The van der Waals surface area contributed by atoms with Crippen LogP contribution in [0.2, 0.25) is 0 Å². The number of carboxylic acids is 1. The zero-order valence-corrected chi connectivity index (χ0v) is 15.1. The number of aliphatic carboxylic acids is 1. The molecule has 1 N–H and O–H groups in total. The van der Waals surface area contributed by atoms with Crippen molar-refractivity contribution in [2.75, 3.05) is 13.2 Å². The molecule has 0 spiro atoms. The van der Waals surface area contributed by atoms with E-state index in [-0.39, 0.29) is 12.5 Å². The summed E-state index contributed by atoms with van der Waals surface area (Å²) < 4.78 is 11.1. The second kappa shape index (κ2) is 8.53. The fourth-order valence-corrected chi connectivity index (χ4v) is 3.03. The molecule has 0 aliphatic carbocycles. The Balaban J connectivity index is 1.54. The molecule has 1 fully saturated rings. The highest BCUT2D eigenvalue weighted by Gasteiger charge is 2.34. The maximum atomic E-state index is 12.4. The number of carbonyl (C=O) groups is 2. The van der Waals surface area contributed by atoms with Crippen molar-refractivity contribution in [2.24, 2.45) is 5.92 Å². The van der Waals surface area contributed by atoms with Gasteiger partial charge < -0.3 is 19.5 Å². The van der Waals surface area contributed by atoms with Crippen LogP contribution in [0.1, 0.15) is 19.8 Å². The summed E-state index contributed by atoms with van der Waals surface area (Å²) in [6.07, 6.45) is 2.92. The van der Waals surface area contributed by atoms with Gasteiger partial charge in [-0.15, -0.1) is 0 Å². The molecule has 0 saturated carbocycles. The summed E-state index contributed by atoms with van der Waals surface area (Å²) in [5, 5.41) is 9.36. The number of carboxylic acid groups (broad SMARTS) is 1. The zero-order valence-electron chi connectivity index (χ0n) is 15.1. The minimum atomic E-state index is -0.967. The molecule has 2 heterocycles. The molecule has 2 unspecified atom stereocenters. The molecule has 1 saturated heterocycles. The van der Waals surface area contributed by atoms with E-state index < -0.39 is 12.0 Å². The van der Waals surface area contributed by atoms with Gasteiger partial charge in [0.2, 0.25) is 5.88 Å². The van der Waals surface area contributed by atoms with E-state index in [4.69, 9.17) is 9.47 Å². The molecule has 7 nitrogen and oxygen atoms in total. The van der Waals surface area contributed by atoms with Crippen LogP contribution in [-0.4, -0.2) is 46.1 Å². The van der Waals surface area contributed by atoms with Crippen molar-refractivity contribution < 1.29 is 24.2 Å². The molecule has 1 aliphatic heterocycles. The molecule has 1 amide bonds. The number of hydrogen-bond acceptors (Lipinski definition) is 5. The Kier molecular flexibility index (Phi) is 5.90. The van der Waals surface area contributed by atoms with Crippen LogP contribution >= 0.6 is 0 Å². The largest absolute Gasteiger partial charge is 0.484 e. The first-order valence-electron chi connectivity index (χ1n) is 8.87. The van der Waals surface area contributed by atoms with E-state index in [0.717, 1.165) is 6.42 Å². The van der Waals surface area contributed by atoms with Gasteiger partial charge in [0.15, 0.2) is 6.61 Å². The molecule has 27 heavy (non-hydrogen) atoms. The first-order chi connectivity index (χ1) is 13.0. The number of amides is 1. The Morgan fingerprint density at radius 1 is 1.19 bits per heavy atom. The Labute approximate surface area is 157 Å². The molecule has 2 aromatic rings. The van der Waals surface area contributed by atoms with E-state index in [1.165, 1.54) is 4.90 Å². The standard InChI is InChI=1S/C20H22N2O5/c1-14-9-11-22(17(12-14)20(24)25)19(23)13-26-15-5-7-16(8-6-15)27-18-4-2-3-10-21-18/h2-8,10,14,17H,9,11-13H2,1H3,(H,24,25). The highest BCUT2D eigenvalue weighted by Crippen LogP contribution is 2.24. The minimum absolute atomic E-state index is 0.196. The van der Waals surface area contributed by atoms with Gasteiger partial charge in [0.1, 0.15) is 17.5 Å². The predicted octanol–water partition coefficient (Wildman–Crippen LogP) is 2.96. The second-order valence-corrected chi connectivity index (χ2v) is 6.60. The van der Waals surface area contributed by atoms with Crippen molar-refractivity contribution >= 4 is 11.9 Å². The SMILES string of the molecule is CC1CCN(C(=O)COc2ccc(Oc3ccccn3)cc2)C(C(=O)O)C1. The van der Waals surface area contributed by atoms with E-state index in [2.05, 4.69) is 4.98 Å². The third kappa shape index (κ3) is 4.97. The molecule has 2 atom stereocenters. The Hall–Kier alpha value is -3.09. The van der Waals surface area contributed by atoms with E-state index >= 15 is 0 Å². The van der Waals surface area contributed by atoms with E-state index in [1.807, 2.05) is 13.0 Å². The molecular formula is C20H22N2O5. The first kappa shape index (κ1) is 18.7. The van der Waals surface area contributed by atoms with Gasteiger partial charge in [-0.05, 0) is 49.1 Å². The molecule has 1 aromatic carbocycles. The number of hydrogen-bond donors (Lipinski definition) is 1. The van der Waals surface area contributed by atoms with Gasteiger partial charge in [-0.1, -0.05) is 13.0 Å². The Morgan fingerprint density at radius 3 is 2.59 bits per heavy atom.